The molecule has 0 atom stereocenters. The van der Waals surface area contributed by atoms with Crippen LogP contribution in [0.25, 0.3) is 22.3 Å². The molecule has 0 unspecified atom stereocenters. The number of halogens is 2. The summed E-state index contributed by atoms with van der Waals surface area (Å²) in [6, 6.07) is 25.9. The monoisotopic (exact) mass is 482 g/mol. The highest BCUT2D eigenvalue weighted by atomic mass is 127. The summed E-state index contributed by atoms with van der Waals surface area (Å²) in [6.07, 6.45) is 0. The van der Waals surface area contributed by atoms with Crippen molar-refractivity contribution in [3.8, 4) is 22.3 Å². The first-order chi connectivity index (χ1) is 9.72. The lowest BCUT2D eigenvalue weighted by atomic mass is 9.99. The van der Waals surface area contributed by atoms with E-state index < -0.39 is 0 Å². The topological polar surface area (TPSA) is 0 Å². The van der Waals surface area contributed by atoms with Crippen LogP contribution in [-0.2, 0) is 0 Å². The minimum atomic E-state index is 1.26. The van der Waals surface area contributed by atoms with Gasteiger partial charge in [-0.2, -0.15) is 0 Å². The number of hydrogen-bond acceptors (Lipinski definition) is 0. The highest BCUT2D eigenvalue weighted by Gasteiger charge is 2.04. The molecule has 3 rings (SSSR count). The molecule has 0 aliphatic heterocycles. The predicted octanol–water partition coefficient (Wildman–Crippen LogP) is 6.23. The normalized spacial score (nSPS) is 10.5. The highest BCUT2D eigenvalue weighted by Crippen LogP contribution is 2.29. The van der Waals surface area contributed by atoms with E-state index in [2.05, 4.69) is 118 Å². The van der Waals surface area contributed by atoms with Crippen molar-refractivity contribution in [2.45, 2.75) is 0 Å². The molecule has 0 nitrogen and oxygen atoms in total. The Balaban J connectivity index is 2.12. The van der Waals surface area contributed by atoms with Crippen molar-refractivity contribution < 1.29 is 0 Å². The lowest BCUT2D eigenvalue weighted by molar-refractivity contribution is 1.55. The fraction of sp³-hybridized carbons (Fsp3) is 0. The van der Waals surface area contributed by atoms with Crippen molar-refractivity contribution in [2.75, 3.05) is 0 Å². The fourth-order valence-corrected chi connectivity index (χ4v) is 3.44. The third-order valence-electron chi connectivity index (χ3n) is 3.16. The van der Waals surface area contributed by atoms with Crippen molar-refractivity contribution in [2.24, 2.45) is 0 Å². The van der Waals surface area contributed by atoms with Crippen LogP contribution in [0.5, 0.6) is 0 Å². The minimum Gasteiger partial charge on any atom is -0.0622 e. The van der Waals surface area contributed by atoms with Crippen LogP contribution in [0.1, 0.15) is 0 Å². The van der Waals surface area contributed by atoms with Crippen molar-refractivity contribution in [1.29, 1.82) is 0 Å². The van der Waals surface area contributed by atoms with Gasteiger partial charge in [-0.25, -0.2) is 0 Å². The second-order valence-corrected chi connectivity index (χ2v) is 7.10. The molecular formula is C18H12I2. The third-order valence-corrected chi connectivity index (χ3v) is 4.46. The van der Waals surface area contributed by atoms with Crippen LogP contribution >= 0.6 is 45.2 Å². The Morgan fingerprint density at radius 2 is 1.05 bits per heavy atom. The minimum absolute atomic E-state index is 1.26. The summed E-state index contributed by atoms with van der Waals surface area (Å²) < 4.78 is 2.53. The first kappa shape index (κ1) is 14.1. The molecule has 0 spiro atoms. The molecule has 2 heteroatoms. The molecule has 98 valence electrons. The van der Waals surface area contributed by atoms with E-state index in [1.807, 2.05) is 0 Å². The molecule has 0 N–H and O–H groups in total. The lowest BCUT2D eigenvalue weighted by Crippen LogP contribution is -1.84. The second-order valence-electron chi connectivity index (χ2n) is 4.60. The zero-order valence-electron chi connectivity index (χ0n) is 10.7. The molecule has 0 saturated heterocycles. The zero-order chi connectivity index (χ0) is 13.9. The van der Waals surface area contributed by atoms with Crippen LogP contribution in [-0.4, -0.2) is 0 Å². The Hall–Kier alpha value is -0.880. The SMILES string of the molecule is Ic1cccc(-c2cc(I)cc(-c3ccccc3)c2)c1. The van der Waals surface area contributed by atoms with Gasteiger partial charge in [0.25, 0.3) is 0 Å². The molecule has 3 aromatic carbocycles. The summed E-state index contributed by atoms with van der Waals surface area (Å²) >= 11 is 4.75. The van der Waals surface area contributed by atoms with Crippen LogP contribution in [0.4, 0.5) is 0 Å². The van der Waals surface area contributed by atoms with Gasteiger partial charge in [0.15, 0.2) is 0 Å². The molecule has 0 radical (unpaired) electrons. The third kappa shape index (κ3) is 3.23. The number of rotatable bonds is 2. The number of benzene rings is 3. The molecule has 0 aliphatic carbocycles. The lowest BCUT2D eigenvalue weighted by Gasteiger charge is -2.08. The molecule has 0 heterocycles. The smallest absolute Gasteiger partial charge is 0.0142 e. The molecule has 0 saturated carbocycles. The summed E-state index contributed by atoms with van der Waals surface area (Å²) in [5, 5.41) is 0. The molecule has 3 aromatic rings. The molecule has 0 amide bonds. The molecule has 0 aromatic heterocycles. The van der Waals surface area contributed by atoms with Crippen molar-refractivity contribution >= 4 is 45.2 Å². The Morgan fingerprint density at radius 1 is 0.450 bits per heavy atom. The summed E-state index contributed by atoms with van der Waals surface area (Å²) in [5.74, 6) is 0. The van der Waals surface area contributed by atoms with Gasteiger partial charge in [0.2, 0.25) is 0 Å². The van der Waals surface area contributed by atoms with Gasteiger partial charge in [-0.3, -0.25) is 0 Å². The molecule has 0 bridgehead atoms. The summed E-state index contributed by atoms with van der Waals surface area (Å²) in [4.78, 5) is 0. The van der Waals surface area contributed by atoms with Crippen LogP contribution in [0.2, 0.25) is 0 Å². The van der Waals surface area contributed by atoms with E-state index in [1.165, 1.54) is 29.4 Å². The van der Waals surface area contributed by atoms with E-state index >= 15 is 0 Å². The Bertz CT molecular complexity index is 733. The van der Waals surface area contributed by atoms with Crippen molar-refractivity contribution in [3.63, 3.8) is 0 Å². The van der Waals surface area contributed by atoms with Gasteiger partial charge in [-0.1, -0.05) is 42.5 Å². The number of hydrogen-bond donors (Lipinski definition) is 0. The van der Waals surface area contributed by atoms with Gasteiger partial charge in [0.1, 0.15) is 0 Å². The van der Waals surface area contributed by atoms with E-state index in [9.17, 15) is 0 Å². The Morgan fingerprint density at radius 3 is 1.75 bits per heavy atom. The Labute approximate surface area is 146 Å². The van der Waals surface area contributed by atoms with E-state index in [-0.39, 0.29) is 0 Å². The summed E-state index contributed by atoms with van der Waals surface area (Å²) in [7, 11) is 0. The summed E-state index contributed by atoms with van der Waals surface area (Å²) in [5.41, 5.74) is 5.08. The highest BCUT2D eigenvalue weighted by molar-refractivity contribution is 14.1. The maximum Gasteiger partial charge on any atom is 0.0142 e. The fourth-order valence-electron chi connectivity index (χ4n) is 2.22. The second kappa shape index (κ2) is 6.26. The van der Waals surface area contributed by atoms with E-state index in [0.29, 0.717) is 0 Å². The van der Waals surface area contributed by atoms with Crippen molar-refractivity contribution in [3.05, 3.63) is 79.9 Å². The zero-order valence-corrected chi connectivity index (χ0v) is 15.0. The predicted molar refractivity (Wildman–Crippen MR) is 103 cm³/mol. The van der Waals surface area contributed by atoms with Gasteiger partial charge in [0.05, 0.1) is 0 Å². The largest absolute Gasteiger partial charge is 0.0622 e. The van der Waals surface area contributed by atoms with Gasteiger partial charge in [-0.05, 0) is 97.8 Å². The van der Waals surface area contributed by atoms with Crippen LogP contribution in [0.15, 0.2) is 72.8 Å². The van der Waals surface area contributed by atoms with Gasteiger partial charge < -0.3 is 0 Å². The van der Waals surface area contributed by atoms with Gasteiger partial charge in [-0.15, -0.1) is 0 Å². The van der Waals surface area contributed by atoms with Crippen LogP contribution in [0, 0.1) is 7.14 Å². The van der Waals surface area contributed by atoms with E-state index in [4.69, 9.17) is 0 Å². The first-order valence-corrected chi connectivity index (χ1v) is 8.50. The Kier molecular flexibility index (Phi) is 4.41. The quantitative estimate of drug-likeness (QED) is 0.380. The molecule has 0 fully saturated rings. The average molecular weight is 482 g/mol. The first-order valence-electron chi connectivity index (χ1n) is 6.34. The maximum atomic E-state index is 2.39. The van der Waals surface area contributed by atoms with Gasteiger partial charge >= 0.3 is 0 Å². The van der Waals surface area contributed by atoms with Crippen LogP contribution in [0.3, 0.4) is 0 Å². The van der Waals surface area contributed by atoms with E-state index in [0.717, 1.165) is 0 Å². The summed E-state index contributed by atoms with van der Waals surface area (Å²) in [6.45, 7) is 0. The molecule has 0 aliphatic rings. The van der Waals surface area contributed by atoms with Crippen molar-refractivity contribution in [1.82, 2.24) is 0 Å². The molecular weight excluding hydrogens is 470 g/mol. The average Bonchev–Trinajstić information content (AvgIpc) is 2.47. The van der Waals surface area contributed by atoms with Crippen LogP contribution < -0.4 is 0 Å². The maximum absolute atomic E-state index is 2.39. The van der Waals surface area contributed by atoms with Gasteiger partial charge in [0, 0.05) is 7.14 Å². The van der Waals surface area contributed by atoms with E-state index in [1.54, 1.807) is 0 Å². The molecule has 20 heavy (non-hydrogen) atoms. The standard InChI is InChI=1S/C18H12I2/c19-17-8-4-7-14(10-17)16-9-15(11-18(20)12-16)13-5-2-1-3-6-13/h1-12H.